The van der Waals surface area contributed by atoms with Gasteiger partial charge in [-0.1, -0.05) is 42.5 Å². The lowest BCUT2D eigenvalue weighted by Gasteiger charge is -2.32. The Kier molecular flexibility index (Phi) is 6.42. The number of piperidine rings is 1. The topological polar surface area (TPSA) is 60.2 Å². The van der Waals surface area contributed by atoms with Crippen LogP contribution in [0.25, 0.3) is 0 Å². The summed E-state index contributed by atoms with van der Waals surface area (Å²) in [6.07, 6.45) is 5.20. The number of carbonyl (C=O) groups is 1. The fraction of sp³-hybridized carbons (Fsp3) is 0.375. The van der Waals surface area contributed by atoms with Crippen molar-refractivity contribution in [3.05, 3.63) is 77.9 Å². The zero-order valence-electron chi connectivity index (χ0n) is 17.4. The summed E-state index contributed by atoms with van der Waals surface area (Å²) < 4.78 is 7.39. The molecule has 0 N–H and O–H groups in total. The molecule has 0 bridgehead atoms. The highest BCUT2D eigenvalue weighted by Crippen LogP contribution is 2.22. The van der Waals surface area contributed by atoms with Gasteiger partial charge in [-0.05, 0) is 42.0 Å². The van der Waals surface area contributed by atoms with Crippen molar-refractivity contribution >= 4 is 5.91 Å². The highest BCUT2D eigenvalue weighted by atomic mass is 16.5. The van der Waals surface area contributed by atoms with E-state index < -0.39 is 0 Å². The van der Waals surface area contributed by atoms with Gasteiger partial charge in [-0.3, -0.25) is 4.79 Å². The van der Waals surface area contributed by atoms with Gasteiger partial charge in [0.2, 0.25) is 5.91 Å². The Bertz CT molecular complexity index is 970. The van der Waals surface area contributed by atoms with E-state index in [4.69, 9.17) is 4.74 Å². The maximum absolute atomic E-state index is 12.9. The van der Waals surface area contributed by atoms with E-state index >= 15 is 0 Å². The van der Waals surface area contributed by atoms with E-state index in [-0.39, 0.29) is 5.91 Å². The normalized spacial score (nSPS) is 16.4. The summed E-state index contributed by atoms with van der Waals surface area (Å²) in [6, 6.07) is 18.1. The summed E-state index contributed by atoms with van der Waals surface area (Å²) >= 11 is 0. The SMILES string of the molecule is COc1cccc(CC(=O)N2CCCC(Cc3nncn3Cc3ccccc3)C2)c1. The summed E-state index contributed by atoms with van der Waals surface area (Å²) in [4.78, 5) is 14.9. The van der Waals surface area contributed by atoms with Crippen molar-refractivity contribution in [2.24, 2.45) is 5.92 Å². The van der Waals surface area contributed by atoms with Crippen LogP contribution in [0.15, 0.2) is 60.9 Å². The third-order valence-corrected chi connectivity index (χ3v) is 5.72. The Labute approximate surface area is 177 Å². The molecule has 30 heavy (non-hydrogen) atoms. The Morgan fingerprint density at radius 1 is 1.13 bits per heavy atom. The van der Waals surface area contributed by atoms with Crippen LogP contribution in [-0.2, 0) is 24.2 Å². The molecule has 1 atom stereocenters. The Morgan fingerprint density at radius 3 is 2.80 bits per heavy atom. The molecule has 1 saturated heterocycles. The molecule has 1 aromatic heterocycles. The lowest BCUT2D eigenvalue weighted by atomic mass is 9.94. The molecule has 156 valence electrons. The number of likely N-dealkylation sites (tertiary alicyclic amines) is 1. The second-order valence-electron chi connectivity index (χ2n) is 7.94. The van der Waals surface area contributed by atoms with Crippen LogP contribution < -0.4 is 4.74 Å². The maximum Gasteiger partial charge on any atom is 0.227 e. The number of amides is 1. The first kappa shape index (κ1) is 20.1. The van der Waals surface area contributed by atoms with Gasteiger partial charge in [0.1, 0.15) is 17.9 Å². The first-order valence-corrected chi connectivity index (χ1v) is 10.5. The molecule has 6 nitrogen and oxygen atoms in total. The van der Waals surface area contributed by atoms with Crippen LogP contribution in [0.2, 0.25) is 0 Å². The number of nitrogens with zero attached hydrogens (tertiary/aromatic N) is 4. The van der Waals surface area contributed by atoms with Gasteiger partial charge < -0.3 is 14.2 Å². The molecule has 1 amide bonds. The summed E-state index contributed by atoms with van der Waals surface area (Å²) in [5.74, 6) is 2.37. The summed E-state index contributed by atoms with van der Waals surface area (Å²) in [5, 5.41) is 8.49. The first-order chi connectivity index (χ1) is 14.7. The fourth-order valence-electron chi connectivity index (χ4n) is 4.13. The molecule has 6 heteroatoms. The van der Waals surface area contributed by atoms with Crippen LogP contribution in [0, 0.1) is 5.92 Å². The van der Waals surface area contributed by atoms with Crippen molar-refractivity contribution in [3.8, 4) is 5.75 Å². The van der Waals surface area contributed by atoms with E-state index in [1.807, 2.05) is 47.4 Å². The van der Waals surface area contributed by atoms with Crippen molar-refractivity contribution in [1.29, 1.82) is 0 Å². The molecule has 2 heterocycles. The quantitative estimate of drug-likeness (QED) is 0.606. The number of aromatic nitrogens is 3. The van der Waals surface area contributed by atoms with Crippen LogP contribution in [0.4, 0.5) is 0 Å². The zero-order chi connectivity index (χ0) is 20.8. The van der Waals surface area contributed by atoms with Crippen molar-refractivity contribution in [3.63, 3.8) is 0 Å². The Hall–Kier alpha value is -3.15. The largest absolute Gasteiger partial charge is 0.497 e. The molecule has 4 rings (SSSR count). The van der Waals surface area contributed by atoms with Gasteiger partial charge in [0.25, 0.3) is 0 Å². The van der Waals surface area contributed by atoms with E-state index in [9.17, 15) is 4.79 Å². The van der Waals surface area contributed by atoms with E-state index in [1.54, 1.807) is 13.4 Å². The van der Waals surface area contributed by atoms with Crippen LogP contribution in [0.1, 0.15) is 29.8 Å². The fourth-order valence-corrected chi connectivity index (χ4v) is 4.13. The predicted octanol–water partition coefficient (Wildman–Crippen LogP) is 3.36. The number of benzene rings is 2. The zero-order valence-corrected chi connectivity index (χ0v) is 17.4. The molecule has 3 aromatic rings. The number of carbonyl (C=O) groups excluding carboxylic acids is 1. The monoisotopic (exact) mass is 404 g/mol. The smallest absolute Gasteiger partial charge is 0.227 e. The number of rotatable bonds is 7. The van der Waals surface area contributed by atoms with Gasteiger partial charge in [-0.25, -0.2) is 0 Å². The lowest BCUT2D eigenvalue weighted by molar-refractivity contribution is -0.132. The average Bonchev–Trinajstić information content (AvgIpc) is 3.21. The highest BCUT2D eigenvalue weighted by Gasteiger charge is 2.25. The minimum atomic E-state index is 0.179. The molecule has 0 saturated carbocycles. The van der Waals surface area contributed by atoms with E-state index in [2.05, 4.69) is 26.9 Å². The van der Waals surface area contributed by atoms with Crippen LogP contribution >= 0.6 is 0 Å². The lowest BCUT2D eigenvalue weighted by Crippen LogP contribution is -2.41. The Morgan fingerprint density at radius 2 is 1.97 bits per heavy atom. The van der Waals surface area contributed by atoms with Crippen molar-refractivity contribution < 1.29 is 9.53 Å². The first-order valence-electron chi connectivity index (χ1n) is 10.5. The van der Waals surface area contributed by atoms with Gasteiger partial charge in [0.05, 0.1) is 20.1 Å². The number of ether oxygens (including phenoxy) is 1. The average molecular weight is 405 g/mol. The number of hydrogen-bond acceptors (Lipinski definition) is 4. The van der Waals surface area contributed by atoms with Crippen molar-refractivity contribution in [2.75, 3.05) is 20.2 Å². The molecule has 1 aliphatic heterocycles. The summed E-state index contributed by atoms with van der Waals surface area (Å²) in [6.45, 7) is 2.38. The summed E-state index contributed by atoms with van der Waals surface area (Å²) in [5.41, 5.74) is 2.22. The molecule has 1 unspecified atom stereocenters. The summed E-state index contributed by atoms with van der Waals surface area (Å²) in [7, 11) is 1.65. The van der Waals surface area contributed by atoms with Crippen molar-refractivity contribution in [2.45, 2.75) is 32.2 Å². The van der Waals surface area contributed by atoms with Gasteiger partial charge in [-0.2, -0.15) is 0 Å². The molecular weight excluding hydrogens is 376 g/mol. The van der Waals surface area contributed by atoms with Crippen LogP contribution in [0.5, 0.6) is 5.75 Å². The second kappa shape index (κ2) is 9.57. The number of methoxy groups -OCH3 is 1. The minimum absolute atomic E-state index is 0.179. The van der Waals surface area contributed by atoms with Crippen molar-refractivity contribution in [1.82, 2.24) is 19.7 Å². The predicted molar refractivity (Wildman–Crippen MR) is 115 cm³/mol. The second-order valence-corrected chi connectivity index (χ2v) is 7.94. The molecule has 1 aliphatic rings. The van der Waals surface area contributed by atoms with E-state index in [0.717, 1.165) is 56.0 Å². The molecule has 0 aliphatic carbocycles. The van der Waals surface area contributed by atoms with Gasteiger partial charge in [0, 0.05) is 19.5 Å². The molecular formula is C24H28N4O2. The molecule has 0 spiro atoms. The van der Waals surface area contributed by atoms with Gasteiger partial charge in [0.15, 0.2) is 0 Å². The molecule has 1 fully saturated rings. The van der Waals surface area contributed by atoms with Gasteiger partial charge >= 0.3 is 0 Å². The van der Waals surface area contributed by atoms with Crippen LogP contribution in [0.3, 0.4) is 0 Å². The Balaban J connectivity index is 1.36. The van der Waals surface area contributed by atoms with Crippen LogP contribution in [-0.4, -0.2) is 45.8 Å². The number of hydrogen-bond donors (Lipinski definition) is 0. The highest BCUT2D eigenvalue weighted by molar-refractivity contribution is 5.79. The standard InChI is InChI=1S/C24H28N4O2/c1-30-22-11-5-9-20(13-22)15-24(29)27-12-6-10-21(17-27)14-23-26-25-18-28(23)16-19-7-3-2-4-8-19/h2-5,7-9,11,13,18,21H,6,10,12,14-17H2,1H3. The molecule has 2 aromatic carbocycles. The third kappa shape index (κ3) is 5.06. The van der Waals surface area contributed by atoms with E-state index in [1.165, 1.54) is 5.56 Å². The molecule has 0 radical (unpaired) electrons. The van der Waals surface area contributed by atoms with Gasteiger partial charge in [-0.15, -0.1) is 10.2 Å². The minimum Gasteiger partial charge on any atom is -0.497 e. The van der Waals surface area contributed by atoms with E-state index in [0.29, 0.717) is 12.3 Å². The third-order valence-electron chi connectivity index (χ3n) is 5.72. The maximum atomic E-state index is 12.9.